The summed E-state index contributed by atoms with van der Waals surface area (Å²) in [4.78, 5) is 11.7. The molecule has 2 rings (SSSR count). The normalized spacial score (nSPS) is 18.1. The topological polar surface area (TPSA) is 50.4 Å². The summed E-state index contributed by atoms with van der Waals surface area (Å²) < 4.78 is 18.2. The van der Waals surface area contributed by atoms with Crippen molar-refractivity contribution in [1.82, 2.24) is 10.6 Å². The van der Waals surface area contributed by atoms with Crippen LogP contribution >= 0.6 is 12.4 Å². The summed E-state index contributed by atoms with van der Waals surface area (Å²) in [6.07, 6.45) is 1.06. The van der Waals surface area contributed by atoms with Gasteiger partial charge in [-0.2, -0.15) is 0 Å². The number of morpholine rings is 1. The van der Waals surface area contributed by atoms with Gasteiger partial charge in [0.25, 0.3) is 0 Å². The second-order valence-electron chi connectivity index (χ2n) is 4.63. The van der Waals surface area contributed by atoms with E-state index in [4.69, 9.17) is 4.74 Å². The Morgan fingerprint density at radius 3 is 2.80 bits per heavy atom. The number of carbonyl (C=O) groups excluding carboxylic acids is 1. The van der Waals surface area contributed by atoms with E-state index in [0.717, 1.165) is 18.7 Å². The highest BCUT2D eigenvalue weighted by atomic mass is 35.5. The smallest absolute Gasteiger partial charge is 0.222 e. The quantitative estimate of drug-likeness (QED) is 0.861. The first kappa shape index (κ1) is 16.9. The van der Waals surface area contributed by atoms with Crippen LogP contribution in [0.3, 0.4) is 0 Å². The Bertz CT molecular complexity index is 408. The fraction of sp³-hybridized carbons (Fsp3) is 0.500. The zero-order valence-corrected chi connectivity index (χ0v) is 12.0. The van der Waals surface area contributed by atoms with Gasteiger partial charge in [-0.05, 0) is 24.1 Å². The van der Waals surface area contributed by atoms with Gasteiger partial charge in [0.15, 0.2) is 0 Å². The third-order valence-corrected chi connectivity index (χ3v) is 3.07. The van der Waals surface area contributed by atoms with Crippen molar-refractivity contribution in [3.8, 4) is 0 Å². The lowest BCUT2D eigenvalue weighted by Crippen LogP contribution is -2.41. The van der Waals surface area contributed by atoms with Crippen LogP contribution < -0.4 is 10.6 Å². The number of halogens is 2. The summed E-state index contributed by atoms with van der Waals surface area (Å²) in [5, 5.41) is 6.04. The van der Waals surface area contributed by atoms with E-state index in [1.165, 1.54) is 12.1 Å². The van der Waals surface area contributed by atoms with Gasteiger partial charge in [0, 0.05) is 19.6 Å². The Kier molecular flexibility index (Phi) is 7.51. The Morgan fingerprint density at radius 1 is 1.40 bits per heavy atom. The number of ether oxygens (including phenoxy) is 1. The van der Waals surface area contributed by atoms with Crippen LogP contribution in [0.5, 0.6) is 0 Å². The molecule has 1 amide bonds. The van der Waals surface area contributed by atoms with Crippen LogP contribution in [-0.2, 0) is 16.0 Å². The molecule has 0 saturated carbocycles. The van der Waals surface area contributed by atoms with Crippen molar-refractivity contribution in [3.63, 3.8) is 0 Å². The third kappa shape index (κ3) is 5.86. The zero-order valence-electron chi connectivity index (χ0n) is 11.2. The molecule has 1 atom stereocenters. The van der Waals surface area contributed by atoms with Gasteiger partial charge >= 0.3 is 0 Å². The molecule has 0 spiro atoms. The molecule has 0 aromatic heterocycles. The Balaban J connectivity index is 0.00000200. The molecule has 2 N–H and O–H groups in total. The van der Waals surface area contributed by atoms with Crippen molar-refractivity contribution in [2.24, 2.45) is 0 Å². The molecule has 1 unspecified atom stereocenters. The van der Waals surface area contributed by atoms with Gasteiger partial charge in [0.1, 0.15) is 5.82 Å². The van der Waals surface area contributed by atoms with E-state index in [1.807, 2.05) is 0 Å². The molecule has 6 heteroatoms. The minimum absolute atomic E-state index is 0. The number of carbonyl (C=O) groups is 1. The summed E-state index contributed by atoms with van der Waals surface area (Å²) in [6.45, 7) is 2.80. The van der Waals surface area contributed by atoms with E-state index in [0.29, 0.717) is 26.0 Å². The van der Waals surface area contributed by atoms with E-state index in [2.05, 4.69) is 10.6 Å². The zero-order chi connectivity index (χ0) is 13.5. The van der Waals surface area contributed by atoms with Crippen molar-refractivity contribution >= 4 is 18.3 Å². The van der Waals surface area contributed by atoms with Crippen molar-refractivity contribution in [3.05, 3.63) is 35.6 Å². The average Bonchev–Trinajstić information content (AvgIpc) is 2.42. The molecule has 112 valence electrons. The summed E-state index contributed by atoms with van der Waals surface area (Å²) in [7, 11) is 0. The Labute approximate surface area is 124 Å². The Morgan fingerprint density at radius 2 is 2.15 bits per heavy atom. The lowest BCUT2D eigenvalue weighted by Gasteiger charge is -2.23. The van der Waals surface area contributed by atoms with Gasteiger partial charge in [0.05, 0.1) is 19.1 Å². The lowest BCUT2D eigenvalue weighted by atomic mass is 10.1. The highest BCUT2D eigenvalue weighted by molar-refractivity contribution is 5.85. The number of nitrogens with one attached hydrogen (secondary N) is 2. The summed E-state index contributed by atoms with van der Waals surface area (Å²) >= 11 is 0. The number of hydrogen-bond donors (Lipinski definition) is 2. The molecule has 20 heavy (non-hydrogen) atoms. The standard InChI is InChI=1S/C14H19FN2O2.ClH/c15-12-3-1-11(2-4-12)5-6-17-14(18)9-13-10-16-7-8-19-13;/h1-4,13,16H,5-10H2,(H,17,18);1H. The van der Waals surface area contributed by atoms with Crippen LogP contribution in [0.25, 0.3) is 0 Å². The number of rotatable bonds is 5. The van der Waals surface area contributed by atoms with Crippen molar-refractivity contribution < 1.29 is 13.9 Å². The number of benzene rings is 1. The predicted octanol–water partition coefficient (Wildman–Crippen LogP) is 1.28. The predicted molar refractivity (Wildman–Crippen MR) is 77.6 cm³/mol. The number of amides is 1. The van der Waals surface area contributed by atoms with Gasteiger partial charge in [0.2, 0.25) is 5.91 Å². The molecule has 1 heterocycles. The van der Waals surface area contributed by atoms with Crippen molar-refractivity contribution in [2.75, 3.05) is 26.2 Å². The summed E-state index contributed by atoms with van der Waals surface area (Å²) in [5.41, 5.74) is 1.01. The maximum Gasteiger partial charge on any atom is 0.222 e. The molecular weight excluding hydrogens is 283 g/mol. The maximum absolute atomic E-state index is 12.7. The molecule has 1 aliphatic rings. The average molecular weight is 303 g/mol. The molecule has 1 fully saturated rings. The maximum atomic E-state index is 12.7. The minimum Gasteiger partial charge on any atom is -0.375 e. The molecule has 1 aliphatic heterocycles. The summed E-state index contributed by atoms with van der Waals surface area (Å²) in [6, 6.07) is 6.32. The van der Waals surface area contributed by atoms with Gasteiger partial charge in [-0.1, -0.05) is 12.1 Å². The third-order valence-electron chi connectivity index (χ3n) is 3.07. The van der Waals surface area contributed by atoms with Crippen molar-refractivity contribution in [2.45, 2.75) is 18.9 Å². The monoisotopic (exact) mass is 302 g/mol. The molecule has 4 nitrogen and oxygen atoms in total. The van der Waals surface area contributed by atoms with Crippen LogP contribution in [0.4, 0.5) is 4.39 Å². The second-order valence-corrected chi connectivity index (χ2v) is 4.63. The second kappa shape index (κ2) is 8.89. The van der Waals surface area contributed by atoms with E-state index in [-0.39, 0.29) is 30.2 Å². The van der Waals surface area contributed by atoms with Gasteiger partial charge in [-0.3, -0.25) is 4.79 Å². The summed E-state index contributed by atoms with van der Waals surface area (Å²) in [5.74, 6) is -0.245. The van der Waals surface area contributed by atoms with Gasteiger partial charge in [-0.15, -0.1) is 12.4 Å². The SMILES string of the molecule is Cl.O=C(CC1CNCCO1)NCCc1ccc(F)cc1. The highest BCUT2D eigenvalue weighted by Gasteiger charge is 2.16. The molecule has 0 bridgehead atoms. The van der Waals surface area contributed by atoms with Gasteiger partial charge in [-0.25, -0.2) is 4.39 Å². The molecule has 0 aliphatic carbocycles. The highest BCUT2D eigenvalue weighted by Crippen LogP contribution is 2.04. The van der Waals surface area contributed by atoms with Gasteiger partial charge < -0.3 is 15.4 Å². The first-order valence-corrected chi connectivity index (χ1v) is 6.57. The van der Waals surface area contributed by atoms with Crippen molar-refractivity contribution in [1.29, 1.82) is 0 Å². The van der Waals surface area contributed by atoms with E-state index < -0.39 is 0 Å². The van der Waals surface area contributed by atoms with Crippen LogP contribution in [-0.4, -0.2) is 38.3 Å². The van der Waals surface area contributed by atoms with E-state index >= 15 is 0 Å². The van der Waals surface area contributed by atoms with E-state index in [1.54, 1.807) is 12.1 Å². The van der Waals surface area contributed by atoms with E-state index in [9.17, 15) is 9.18 Å². The first-order chi connectivity index (χ1) is 9.24. The molecule has 1 aromatic carbocycles. The van der Waals surface area contributed by atoms with Crippen LogP contribution in [0.2, 0.25) is 0 Å². The largest absolute Gasteiger partial charge is 0.375 e. The minimum atomic E-state index is -0.241. The van der Waals surface area contributed by atoms with Crippen LogP contribution in [0.15, 0.2) is 24.3 Å². The molecule has 0 radical (unpaired) electrons. The fourth-order valence-corrected chi connectivity index (χ4v) is 2.03. The molecule has 1 saturated heterocycles. The Hall–Kier alpha value is -1.17. The lowest BCUT2D eigenvalue weighted by molar-refractivity contribution is -0.124. The molecule has 1 aromatic rings. The number of hydrogen-bond acceptors (Lipinski definition) is 3. The van der Waals surface area contributed by atoms with Crippen LogP contribution in [0, 0.1) is 5.82 Å². The molecular formula is C14H20ClFN2O2. The first-order valence-electron chi connectivity index (χ1n) is 6.57. The van der Waals surface area contributed by atoms with Crippen LogP contribution in [0.1, 0.15) is 12.0 Å². The fourth-order valence-electron chi connectivity index (χ4n) is 2.03.